The lowest BCUT2D eigenvalue weighted by atomic mass is 9.87. The lowest BCUT2D eigenvalue weighted by Gasteiger charge is -2.36. The Morgan fingerprint density at radius 2 is 2.07 bits per heavy atom. The number of esters is 1. The van der Waals surface area contributed by atoms with E-state index in [1.807, 2.05) is 0 Å². The molecule has 3 rings (SSSR count). The molecule has 10 nitrogen and oxygen atoms in total. The predicted octanol–water partition coefficient (Wildman–Crippen LogP) is 1.28. The van der Waals surface area contributed by atoms with Gasteiger partial charge in [-0.3, -0.25) is 5.32 Å². The van der Waals surface area contributed by atoms with Gasteiger partial charge in [-0.2, -0.15) is 0 Å². The molecule has 1 aliphatic carbocycles. The number of nitrogens with zero attached hydrogens (tertiary/aromatic N) is 2. The number of hydrogen-bond donors (Lipinski definition) is 4. The number of hydrogen-bond acceptors (Lipinski definition) is 9. The number of carbonyl (C=O) groups excluding carboxylic acids is 2. The topological polar surface area (TPSA) is 153 Å². The van der Waals surface area contributed by atoms with Crippen molar-refractivity contribution in [3.8, 4) is 0 Å². The number of aliphatic imine (C=N–C) groups is 2. The van der Waals surface area contributed by atoms with E-state index in [1.165, 1.54) is 0 Å². The van der Waals surface area contributed by atoms with E-state index >= 15 is 0 Å². The third kappa shape index (κ3) is 4.70. The number of primary amides is 1. The van der Waals surface area contributed by atoms with Crippen LogP contribution in [0.25, 0.3) is 0 Å². The summed E-state index contributed by atoms with van der Waals surface area (Å²) in [6.45, 7) is 2.06. The van der Waals surface area contributed by atoms with Gasteiger partial charge in [0.05, 0.1) is 12.2 Å². The average molecular weight is 388 g/mol. The van der Waals surface area contributed by atoms with Crippen LogP contribution in [0.1, 0.15) is 43.0 Å². The van der Waals surface area contributed by atoms with E-state index in [2.05, 4.69) is 20.6 Å². The molecule has 1 saturated carbocycles. The van der Waals surface area contributed by atoms with E-state index in [0.29, 0.717) is 49.5 Å². The van der Waals surface area contributed by atoms with Gasteiger partial charge in [-0.15, -0.1) is 0 Å². The van der Waals surface area contributed by atoms with Crippen LogP contribution in [0.4, 0.5) is 10.5 Å². The fraction of sp³-hybridized carbons (Fsp3) is 0.444. The first-order valence-electron chi connectivity index (χ1n) is 9.11. The predicted molar refractivity (Wildman–Crippen MR) is 104 cm³/mol. The van der Waals surface area contributed by atoms with Crippen LogP contribution in [0.3, 0.4) is 0 Å². The summed E-state index contributed by atoms with van der Waals surface area (Å²) in [6.07, 6.45) is 1.32. The summed E-state index contributed by atoms with van der Waals surface area (Å²) in [6, 6.07) is 6.90. The van der Waals surface area contributed by atoms with E-state index in [0.717, 1.165) is 0 Å². The number of ether oxygens (including phenoxy) is 2. The minimum Gasteiger partial charge on any atom is -0.462 e. The van der Waals surface area contributed by atoms with Gasteiger partial charge in [-0.25, -0.2) is 19.6 Å². The molecule has 1 aromatic carbocycles. The number of nitrogens with two attached hydrogens (primary N) is 2. The lowest BCUT2D eigenvalue weighted by molar-refractivity contribution is 0.0526. The smallest absolute Gasteiger partial charge is 0.404 e. The highest BCUT2D eigenvalue weighted by atomic mass is 16.6. The van der Waals surface area contributed by atoms with Crippen molar-refractivity contribution >= 4 is 29.7 Å². The molecule has 150 valence electrons. The number of rotatable bonds is 4. The van der Waals surface area contributed by atoms with Gasteiger partial charge in [-0.1, -0.05) is 6.07 Å². The Bertz CT molecular complexity index is 814. The second-order valence-corrected chi connectivity index (χ2v) is 6.63. The zero-order valence-electron chi connectivity index (χ0n) is 15.6. The zero-order valence-corrected chi connectivity index (χ0v) is 15.6. The van der Waals surface area contributed by atoms with Crippen molar-refractivity contribution in [2.24, 2.45) is 21.5 Å². The van der Waals surface area contributed by atoms with Crippen LogP contribution >= 0.6 is 0 Å². The summed E-state index contributed by atoms with van der Waals surface area (Å²) < 4.78 is 10.1. The molecule has 0 saturated heterocycles. The van der Waals surface area contributed by atoms with Crippen LogP contribution in [-0.4, -0.2) is 42.4 Å². The Kier molecular flexibility index (Phi) is 5.67. The van der Waals surface area contributed by atoms with E-state index in [-0.39, 0.29) is 12.1 Å². The Balaban J connectivity index is 1.72. The van der Waals surface area contributed by atoms with Gasteiger partial charge >= 0.3 is 12.1 Å². The molecule has 1 heterocycles. The van der Waals surface area contributed by atoms with Gasteiger partial charge in [0.25, 0.3) is 0 Å². The average Bonchev–Trinajstić information content (AvgIpc) is 2.63. The van der Waals surface area contributed by atoms with Gasteiger partial charge in [-0.05, 0) is 50.8 Å². The van der Waals surface area contributed by atoms with Crippen LogP contribution in [0.15, 0.2) is 34.3 Å². The highest BCUT2D eigenvalue weighted by molar-refractivity contribution is 6.06. The van der Waals surface area contributed by atoms with E-state index in [9.17, 15) is 9.59 Å². The molecule has 0 aromatic heterocycles. The molecule has 0 unspecified atom stereocenters. The molecular formula is C18H24N6O4. The molecule has 1 fully saturated rings. The Morgan fingerprint density at radius 1 is 1.32 bits per heavy atom. The fourth-order valence-electron chi connectivity index (χ4n) is 3.33. The summed E-state index contributed by atoms with van der Waals surface area (Å²) >= 11 is 0. The summed E-state index contributed by atoms with van der Waals surface area (Å²) in [7, 11) is 0. The molecular weight excluding hydrogens is 364 g/mol. The minimum absolute atomic E-state index is 0.234. The Hall–Kier alpha value is -3.30. The third-order valence-corrected chi connectivity index (χ3v) is 4.55. The first kappa shape index (κ1) is 19.5. The summed E-state index contributed by atoms with van der Waals surface area (Å²) in [4.78, 5) is 32.0. The van der Waals surface area contributed by atoms with E-state index < -0.39 is 17.7 Å². The number of benzene rings is 1. The molecule has 10 heteroatoms. The molecule has 2 aliphatic rings. The maximum absolute atomic E-state index is 11.9. The van der Waals surface area contributed by atoms with Crippen molar-refractivity contribution in [3.05, 3.63) is 29.8 Å². The molecule has 0 bridgehead atoms. The number of anilines is 1. The molecule has 1 aliphatic heterocycles. The van der Waals surface area contributed by atoms with Crippen LogP contribution in [0, 0.1) is 0 Å². The van der Waals surface area contributed by atoms with Crippen molar-refractivity contribution in [1.82, 2.24) is 5.32 Å². The van der Waals surface area contributed by atoms with Crippen molar-refractivity contribution in [1.29, 1.82) is 0 Å². The normalized spacial score (nSPS) is 23.8. The van der Waals surface area contributed by atoms with Gasteiger partial charge < -0.3 is 26.3 Å². The fourth-order valence-corrected chi connectivity index (χ4v) is 3.33. The largest absolute Gasteiger partial charge is 0.462 e. The van der Waals surface area contributed by atoms with E-state index in [1.54, 1.807) is 31.2 Å². The standard InChI is InChI=1S/C18H24N6O4/c1-2-27-14(25)11-4-3-5-12(10-11)21-17-22-15(19)23-18(24-17)8-6-13(7-9-18)28-16(20)26/h3-5,10,13H,2,6-9H2,1H3,(H2,20,26)(H4,19,21,22,23,24). The molecule has 1 amide bonds. The van der Waals surface area contributed by atoms with Crippen molar-refractivity contribution in [2.45, 2.75) is 44.4 Å². The van der Waals surface area contributed by atoms with Gasteiger partial charge in [0, 0.05) is 5.69 Å². The first-order valence-corrected chi connectivity index (χ1v) is 9.11. The zero-order chi connectivity index (χ0) is 20.1. The van der Waals surface area contributed by atoms with Crippen LogP contribution in [0.5, 0.6) is 0 Å². The third-order valence-electron chi connectivity index (χ3n) is 4.55. The molecule has 1 spiro atoms. The van der Waals surface area contributed by atoms with Crippen molar-refractivity contribution in [2.75, 3.05) is 11.9 Å². The molecule has 0 radical (unpaired) electrons. The number of nitrogens with one attached hydrogen (secondary N) is 2. The van der Waals surface area contributed by atoms with Crippen molar-refractivity contribution < 1.29 is 19.1 Å². The number of amides is 1. The van der Waals surface area contributed by atoms with Gasteiger partial charge in [0.2, 0.25) is 5.96 Å². The maximum atomic E-state index is 11.9. The van der Waals surface area contributed by atoms with Crippen LogP contribution in [0.2, 0.25) is 0 Å². The molecule has 28 heavy (non-hydrogen) atoms. The van der Waals surface area contributed by atoms with Gasteiger partial charge in [0.1, 0.15) is 6.10 Å². The summed E-state index contributed by atoms with van der Waals surface area (Å²) in [5, 5.41) is 6.03. The highest BCUT2D eigenvalue weighted by Crippen LogP contribution is 2.35. The second-order valence-electron chi connectivity index (χ2n) is 6.63. The van der Waals surface area contributed by atoms with E-state index in [4.69, 9.17) is 20.9 Å². The van der Waals surface area contributed by atoms with Gasteiger partial charge in [0.15, 0.2) is 11.6 Å². The minimum atomic E-state index is -0.776. The monoisotopic (exact) mass is 388 g/mol. The number of guanidine groups is 2. The number of carbonyl (C=O) groups is 2. The summed E-state index contributed by atoms with van der Waals surface area (Å²) in [5.41, 5.74) is 11.4. The van der Waals surface area contributed by atoms with Crippen LogP contribution < -0.4 is 22.1 Å². The quantitative estimate of drug-likeness (QED) is 0.567. The SMILES string of the molecule is CCOC(=O)c1cccc(NC2=NC3(CCC(OC(N)=O)CC3)N=C(N)N2)c1. The van der Waals surface area contributed by atoms with Crippen LogP contribution in [-0.2, 0) is 9.47 Å². The highest BCUT2D eigenvalue weighted by Gasteiger charge is 2.38. The first-order chi connectivity index (χ1) is 13.4. The Labute approximate surface area is 162 Å². The Morgan fingerprint density at radius 3 is 2.75 bits per heavy atom. The molecule has 0 atom stereocenters. The lowest BCUT2D eigenvalue weighted by Crippen LogP contribution is -2.50. The maximum Gasteiger partial charge on any atom is 0.404 e. The summed E-state index contributed by atoms with van der Waals surface area (Å²) in [5.74, 6) is 0.283. The van der Waals surface area contributed by atoms with Crippen molar-refractivity contribution in [3.63, 3.8) is 0 Å². The molecule has 6 N–H and O–H groups in total. The molecule has 1 aromatic rings. The second kappa shape index (κ2) is 8.15.